The second-order valence-corrected chi connectivity index (χ2v) is 2.92. The van der Waals surface area contributed by atoms with Crippen LogP contribution in [0.5, 0.6) is 0 Å². The van der Waals surface area contributed by atoms with E-state index in [1.807, 2.05) is 6.92 Å². The van der Waals surface area contributed by atoms with Crippen molar-refractivity contribution in [1.82, 2.24) is 9.97 Å². The maximum absolute atomic E-state index is 5.76. The Morgan fingerprint density at radius 1 is 1.18 bits per heavy atom. The lowest BCUT2D eigenvalue weighted by atomic mass is 10.3. The van der Waals surface area contributed by atoms with Crippen molar-refractivity contribution in [3.8, 4) is 0 Å². The molecule has 0 saturated carbocycles. The molecule has 11 heavy (non-hydrogen) atoms. The molecule has 0 saturated heterocycles. The zero-order chi connectivity index (χ0) is 8.43. The van der Waals surface area contributed by atoms with Gasteiger partial charge in [0.05, 0.1) is 0 Å². The summed E-state index contributed by atoms with van der Waals surface area (Å²) in [5.74, 6) is 0.686. The highest BCUT2D eigenvalue weighted by Gasteiger charge is 2.04. The van der Waals surface area contributed by atoms with E-state index in [0.717, 1.165) is 12.0 Å². The van der Waals surface area contributed by atoms with Crippen LogP contribution in [0.3, 0.4) is 0 Å². The number of hydrogen-bond donors (Lipinski definition) is 0. The lowest BCUT2D eigenvalue weighted by Crippen LogP contribution is -1.95. The number of aromatic nitrogens is 2. The first kappa shape index (κ1) is 8.75. The molecule has 0 unspecified atom stereocenters. The summed E-state index contributed by atoms with van der Waals surface area (Å²) < 4.78 is 0. The average molecular weight is 191 g/mol. The molecule has 0 aromatic carbocycles. The summed E-state index contributed by atoms with van der Waals surface area (Å²) in [6, 6.07) is 0. The summed E-state index contributed by atoms with van der Waals surface area (Å²) in [5.41, 5.74) is 0.741. The van der Waals surface area contributed by atoms with Crippen LogP contribution in [0.2, 0.25) is 10.3 Å². The van der Waals surface area contributed by atoms with Crippen LogP contribution in [0.4, 0.5) is 0 Å². The van der Waals surface area contributed by atoms with E-state index in [0.29, 0.717) is 16.1 Å². The van der Waals surface area contributed by atoms with Crippen LogP contribution in [0.1, 0.15) is 18.3 Å². The van der Waals surface area contributed by atoms with Gasteiger partial charge in [0.1, 0.15) is 16.1 Å². The van der Waals surface area contributed by atoms with Crippen molar-refractivity contribution in [3.05, 3.63) is 21.7 Å². The van der Waals surface area contributed by atoms with Crippen LogP contribution in [0.15, 0.2) is 0 Å². The van der Waals surface area contributed by atoms with Gasteiger partial charge in [-0.25, -0.2) is 9.97 Å². The highest BCUT2D eigenvalue weighted by molar-refractivity contribution is 6.34. The smallest absolute Gasteiger partial charge is 0.137 e. The Hall–Kier alpha value is -0.340. The summed E-state index contributed by atoms with van der Waals surface area (Å²) in [6.07, 6.45) is 0.750. The molecule has 0 atom stereocenters. The minimum absolute atomic E-state index is 0.446. The van der Waals surface area contributed by atoms with Gasteiger partial charge >= 0.3 is 0 Å². The normalized spacial score (nSPS) is 10.2. The monoisotopic (exact) mass is 190 g/mol. The summed E-state index contributed by atoms with van der Waals surface area (Å²) in [5, 5.41) is 0.892. The van der Waals surface area contributed by atoms with E-state index in [2.05, 4.69) is 9.97 Å². The third-order valence-electron chi connectivity index (χ3n) is 1.39. The summed E-state index contributed by atoms with van der Waals surface area (Å²) in [4.78, 5) is 8.04. The van der Waals surface area contributed by atoms with E-state index < -0.39 is 0 Å². The van der Waals surface area contributed by atoms with E-state index >= 15 is 0 Å². The van der Waals surface area contributed by atoms with Gasteiger partial charge in [0.15, 0.2) is 0 Å². The van der Waals surface area contributed by atoms with Crippen molar-refractivity contribution in [2.45, 2.75) is 20.3 Å². The van der Waals surface area contributed by atoms with Gasteiger partial charge in [-0.3, -0.25) is 0 Å². The van der Waals surface area contributed by atoms with Crippen LogP contribution in [-0.4, -0.2) is 9.97 Å². The lowest BCUT2D eigenvalue weighted by molar-refractivity contribution is 0.930. The number of hydrogen-bond acceptors (Lipinski definition) is 2. The highest BCUT2D eigenvalue weighted by atomic mass is 35.5. The van der Waals surface area contributed by atoms with Crippen LogP contribution >= 0.6 is 23.2 Å². The van der Waals surface area contributed by atoms with Crippen molar-refractivity contribution in [3.63, 3.8) is 0 Å². The molecule has 1 aromatic heterocycles. The SMILES string of the molecule is CCc1nc(Cl)c(C)c(Cl)n1. The standard InChI is InChI=1S/C7H8Cl2N2/c1-3-5-10-6(8)4(2)7(9)11-5/h3H2,1-2H3. The fourth-order valence-corrected chi connectivity index (χ4v) is 1.09. The number of aryl methyl sites for hydroxylation is 1. The molecule has 0 amide bonds. The maximum Gasteiger partial charge on any atom is 0.137 e. The number of halogens is 2. The zero-order valence-corrected chi connectivity index (χ0v) is 7.87. The Balaban J connectivity index is 3.21. The zero-order valence-electron chi connectivity index (χ0n) is 6.36. The first-order valence-corrected chi connectivity index (χ1v) is 4.09. The van der Waals surface area contributed by atoms with E-state index in [-0.39, 0.29) is 0 Å². The minimum atomic E-state index is 0.446. The van der Waals surface area contributed by atoms with Crippen LogP contribution in [0, 0.1) is 6.92 Å². The molecule has 0 fully saturated rings. The van der Waals surface area contributed by atoms with Crippen molar-refractivity contribution in [2.24, 2.45) is 0 Å². The van der Waals surface area contributed by atoms with Gasteiger partial charge in [-0.2, -0.15) is 0 Å². The average Bonchev–Trinajstić information content (AvgIpc) is 1.99. The minimum Gasteiger partial charge on any atom is -0.221 e. The Kier molecular flexibility index (Phi) is 2.68. The second kappa shape index (κ2) is 3.37. The van der Waals surface area contributed by atoms with Crippen LogP contribution in [0.25, 0.3) is 0 Å². The van der Waals surface area contributed by atoms with Gasteiger partial charge in [0.25, 0.3) is 0 Å². The largest absolute Gasteiger partial charge is 0.221 e. The molecular weight excluding hydrogens is 183 g/mol. The third-order valence-corrected chi connectivity index (χ3v) is 2.13. The van der Waals surface area contributed by atoms with Gasteiger partial charge in [-0.15, -0.1) is 0 Å². The Labute approximate surface area is 75.6 Å². The highest BCUT2D eigenvalue weighted by Crippen LogP contribution is 2.19. The molecular formula is C7H8Cl2N2. The van der Waals surface area contributed by atoms with E-state index in [1.165, 1.54) is 0 Å². The van der Waals surface area contributed by atoms with Crippen molar-refractivity contribution in [1.29, 1.82) is 0 Å². The first-order chi connectivity index (χ1) is 5.15. The number of nitrogens with zero attached hydrogens (tertiary/aromatic N) is 2. The van der Waals surface area contributed by atoms with E-state index in [9.17, 15) is 0 Å². The first-order valence-electron chi connectivity index (χ1n) is 3.33. The van der Waals surface area contributed by atoms with Gasteiger partial charge < -0.3 is 0 Å². The predicted molar refractivity (Wildman–Crippen MR) is 46.2 cm³/mol. The maximum atomic E-state index is 5.76. The molecule has 2 nitrogen and oxygen atoms in total. The van der Waals surface area contributed by atoms with E-state index in [1.54, 1.807) is 6.92 Å². The van der Waals surface area contributed by atoms with Gasteiger partial charge in [0.2, 0.25) is 0 Å². The molecule has 0 N–H and O–H groups in total. The quantitative estimate of drug-likeness (QED) is 0.637. The van der Waals surface area contributed by atoms with Crippen LogP contribution < -0.4 is 0 Å². The molecule has 1 aromatic rings. The van der Waals surface area contributed by atoms with Gasteiger partial charge in [-0.05, 0) is 6.92 Å². The van der Waals surface area contributed by atoms with Gasteiger partial charge in [0, 0.05) is 12.0 Å². The second-order valence-electron chi connectivity index (χ2n) is 2.20. The Morgan fingerprint density at radius 2 is 1.64 bits per heavy atom. The molecule has 60 valence electrons. The van der Waals surface area contributed by atoms with E-state index in [4.69, 9.17) is 23.2 Å². The van der Waals surface area contributed by atoms with Crippen molar-refractivity contribution in [2.75, 3.05) is 0 Å². The number of rotatable bonds is 1. The fraction of sp³-hybridized carbons (Fsp3) is 0.429. The third kappa shape index (κ3) is 1.82. The molecule has 0 radical (unpaired) electrons. The molecule has 0 spiro atoms. The summed E-state index contributed by atoms with van der Waals surface area (Å²) in [7, 11) is 0. The molecule has 4 heteroatoms. The summed E-state index contributed by atoms with van der Waals surface area (Å²) in [6.45, 7) is 3.75. The molecule has 0 aliphatic heterocycles. The molecule has 0 aliphatic rings. The van der Waals surface area contributed by atoms with Crippen LogP contribution in [-0.2, 0) is 6.42 Å². The summed E-state index contributed by atoms with van der Waals surface area (Å²) >= 11 is 11.5. The lowest BCUT2D eigenvalue weighted by Gasteiger charge is -2.01. The Bertz CT molecular complexity index is 250. The molecule has 0 bridgehead atoms. The molecule has 0 aliphatic carbocycles. The van der Waals surface area contributed by atoms with Crippen molar-refractivity contribution < 1.29 is 0 Å². The Morgan fingerprint density at radius 3 is 2.00 bits per heavy atom. The molecule has 1 heterocycles. The van der Waals surface area contributed by atoms with Crippen molar-refractivity contribution >= 4 is 23.2 Å². The topological polar surface area (TPSA) is 25.8 Å². The predicted octanol–water partition coefficient (Wildman–Crippen LogP) is 2.65. The fourth-order valence-electron chi connectivity index (χ4n) is 0.663. The van der Waals surface area contributed by atoms with Gasteiger partial charge in [-0.1, -0.05) is 30.1 Å². The molecule has 1 rings (SSSR count).